The Morgan fingerprint density at radius 2 is 2.25 bits per heavy atom. The summed E-state index contributed by atoms with van der Waals surface area (Å²) in [4.78, 5) is 4.52. The molecule has 3 rings (SSSR count). The SMILES string of the molecule is COc1ccccc1Cc1noc(C2NCCC2C)n1. The molecule has 2 atom stereocenters. The highest BCUT2D eigenvalue weighted by Gasteiger charge is 2.29. The average Bonchev–Trinajstić information content (AvgIpc) is 3.08. The van der Waals surface area contributed by atoms with Gasteiger partial charge in [-0.05, 0) is 24.9 Å². The fraction of sp³-hybridized carbons (Fsp3) is 0.467. The summed E-state index contributed by atoms with van der Waals surface area (Å²) >= 11 is 0. The Morgan fingerprint density at radius 1 is 1.40 bits per heavy atom. The van der Waals surface area contributed by atoms with E-state index in [2.05, 4.69) is 22.4 Å². The third-order valence-electron chi connectivity index (χ3n) is 3.82. The molecule has 106 valence electrons. The quantitative estimate of drug-likeness (QED) is 0.926. The molecule has 0 saturated carbocycles. The molecule has 1 N–H and O–H groups in total. The minimum Gasteiger partial charge on any atom is -0.496 e. The summed E-state index contributed by atoms with van der Waals surface area (Å²) in [5.41, 5.74) is 1.06. The van der Waals surface area contributed by atoms with Gasteiger partial charge in [0, 0.05) is 12.0 Å². The van der Waals surface area contributed by atoms with Gasteiger partial charge in [0.15, 0.2) is 5.82 Å². The molecule has 1 saturated heterocycles. The summed E-state index contributed by atoms with van der Waals surface area (Å²) in [6.45, 7) is 3.21. The molecule has 0 aliphatic carbocycles. The highest BCUT2D eigenvalue weighted by atomic mass is 16.5. The van der Waals surface area contributed by atoms with Crippen LogP contribution in [0.5, 0.6) is 5.75 Å². The number of ether oxygens (including phenoxy) is 1. The molecule has 1 aromatic carbocycles. The van der Waals surface area contributed by atoms with Gasteiger partial charge in [-0.2, -0.15) is 4.98 Å². The van der Waals surface area contributed by atoms with Crippen molar-refractivity contribution in [2.24, 2.45) is 5.92 Å². The predicted octanol–water partition coefficient (Wildman–Crippen LogP) is 2.34. The van der Waals surface area contributed by atoms with Crippen molar-refractivity contribution in [2.45, 2.75) is 25.8 Å². The van der Waals surface area contributed by atoms with E-state index < -0.39 is 0 Å². The molecule has 0 radical (unpaired) electrons. The van der Waals surface area contributed by atoms with E-state index in [9.17, 15) is 0 Å². The lowest BCUT2D eigenvalue weighted by atomic mass is 10.0. The minimum atomic E-state index is 0.189. The van der Waals surface area contributed by atoms with Crippen LogP contribution in [-0.4, -0.2) is 23.8 Å². The molecule has 1 aliphatic heterocycles. The second-order valence-corrected chi connectivity index (χ2v) is 5.24. The van der Waals surface area contributed by atoms with E-state index in [0.29, 0.717) is 24.1 Å². The Balaban J connectivity index is 1.77. The highest BCUT2D eigenvalue weighted by molar-refractivity contribution is 5.35. The number of rotatable bonds is 4. The maximum atomic E-state index is 5.40. The first-order valence-corrected chi connectivity index (χ1v) is 6.95. The first kappa shape index (κ1) is 13.1. The van der Waals surface area contributed by atoms with Crippen LogP contribution in [0.1, 0.15) is 36.7 Å². The maximum Gasteiger partial charge on any atom is 0.244 e. The second-order valence-electron chi connectivity index (χ2n) is 5.24. The minimum absolute atomic E-state index is 0.189. The van der Waals surface area contributed by atoms with Crippen LogP contribution in [0.4, 0.5) is 0 Å². The number of methoxy groups -OCH3 is 1. The lowest BCUT2D eigenvalue weighted by molar-refractivity contribution is 0.317. The molecule has 2 aromatic rings. The van der Waals surface area contributed by atoms with E-state index in [-0.39, 0.29) is 6.04 Å². The zero-order valence-electron chi connectivity index (χ0n) is 11.8. The van der Waals surface area contributed by atoms with Crippen LogP contribution < -0.4 is 10.1 Å². The largest absolute Gasteiger partial charge is 0.496 e. The van der Waals surface area contributed by atoms with Crippen LogP contribution in [0.15, 0.2) is 28.8 Å². The number of nitrogens with one attached hydrogen (secondary N) is 1. The summed E-state index contributed by atoms with van der Waals surface area (Å²) < 4.78 is 10.7. The third-order valence-corrected chi connectivity index (χ3v) is 3.82. The first-order chi connectivity index (χ1) is 9.78. The van der Waals surface area contributed by atoms with Crippen LogP contribution in [0.2, 0.25) is 0 Å². The van der Waals surface area contributed by atoms with Crippen LogP contribution >= 0.6 is 0 Å². The monoisotopic (exact) mass is 273 g/mol. The summed E-state index contributed by atoms with van der Waals surface area (Å²) in [7, 11) is 1.67. The van der Waals surface area contributed by atoms with Crippen molar-refractivity contribution < 1.29 is 9.26 Å². The lowest BCUT2D eigenvalue weighted by Gasteiger charge is -2.09. The Hall–Kier alpha value is -1.88. The summed E-state index contributed by atoms with van der Waals surface area (Å²) in [5.74, 6) is 2.78. The molecular weight excluding hydrogens is 254 g/mol. The van der Waals surface area contributed by atoms with Crippen molar-refractivity contribution in [3.8, 4) is 5.75 Å². The Morgan fingerprint density at radius 3 is 3.00 bits per heavy atom. The van der Waals surface area contributed by atoms with Gasteiger partial charge in [0.1, 0.15) is 5.75 Å². The molecule has 5 nitrogen and oxygen atoms in total. The molecular formula is C15H19N3O2. The number of hydrogen-bond donors (Lipinski definition) is 1. The zero-order chi connectivity index (χ0) is 13.9. The van der Waals surface area contributed by atoms with Gasteiger partial charge in [-0.15, -0.1) is 0 Å². The van der Waals surface area contributed by atoms with Gasteiger partial charge >= 0.3 is 0 Å². The number of benzene rings is 1. The smallest absolute Gasteiger partial charge is 0.244 e. The average molecular weight is 273 g/mol. The van der Waals surface area contributed by atoms with Crippen molar-refractivity contribution in [1.29, 1.82) is 0 Å². The maximum absolute atomic E-state index is 5.40. The molecule has 2 unspecified atom stereocenters. The van der Waals surface area contributed by atoms with E-state index >= 15 is 0 Å². The van der Waals surface area contributed by atoms with E-state index in [1.54, 1.807) is 7.11 Å². The Labute approximate surface area is 118 Å². The predicted molar refractivity (Wildman–Crippen MR) is 74.6 cm³/mol. The number of aromatic nitrogens is 2. The molecule has 1 aromatic heterocycles. The van der Waals surface area contributed by atoms with Crippen LogP contribution in [-0.2, 0) is 6.42 Å². The van der Waals surface area contributed by atoms with Gasteiger partial charge in [-0.25, -0.2) is 0 Å². The fourth-order valence-electron chi connectivity index (χ4n) is 2.65. The number of para-hydroxylation sites is 1. The molecule has 5 heteroatoms. The highest BCUT2D eigenvalue weighted by Crippen LogP contribution is 2.28. The number of hydrogen-bond acceptors (Lipinski definition) is 5. The fourth-order valence-corrected chi connectivity index (χ4v) is 2.65. The van der Waals surface area contributed by atoms with Gasteiger partial charge in [-0.1, -0.05) is 30.3 Å². The van der Waals surface area contributed by atoms with E-state index in [0.717, 1.165) is 24.3 Å². The molecule has 0 bridgehead atoms. The van der Waals surface area contributed by atoms with E-state index in [1.807, 2.05) is 24.3 Å². The van der Waals surface area contributed by atoms with Crippen molar-refractivity contribution in [3.63, 3.8) is 0 Å². The van der Waals surface area contributed by atoms with E-state index in [4.69, 9.17) is 9.26 Å². The normalized spacial score (nSPS) is 22.1. The molecule has 0 amide bonds. The molecule has 2 heterocycles. The van der Waals surface area contributed by atoms with E-state index in [1.165, 1.54) is 0 Å². The van der Waals surface area contributed by atoms with Crippen LogP contribution in [0.25, 0.3) is 0 Å². The molecule has 1 fully saturated rings. The van der Waals surface area contributed by atoms with Gasteiger partial charge in [0.2, 0.25) is 5.89 Å². The Kier molecular flexibility index (Phi) is 3.69. The van der Waals surface area contributed by atoms with Gasteiger partial charge in [-0.3, -0.25) is 0 Å². The zero-order valence-corrected chi connectivity index (χ0v) is 11.8. The van der Waals surface area contributed by atoms with Gasteiger partial charge in [0.05, 0.1) is 13.2 Å². The van der Waals surface area contributed by atoms with Crippen molar-refractivity contribution in [2.75, 3.05) is 13.7 Å². The van der Waals surface area contributed by atoms with Crippen LogP contribution in [0.3, 0.4) is 0 Å². The number of nitrogens with zero attached hydrogens (tertiary/aromatic N) is 2. The second kappa shape index (κ2) is 5.63. The van der Waals surface area contributed by atoms with Gasteiger partial charge < -0.3 is 14.6 Å². The lowest BCUT2D eigenvalue weighted by Crippen LogP contribution is -2.16. The van der Waals surface area contributed by atoms with Crippen molar-refractivity contribution >= 4 is 0 Å². The van der Waals surface area contributed by atoms with Crippen molar-refractivity contribution in [1.82, 2.24) is 15.5 Å². The summed E-state index contributed by atoms with van der Waals surface area (Å²) in [5, 5.41) is 7.49. The molecule has 20 heavy (non-hydrogen) atoms. The molecule has 1 aliphatic rings. The van der Waals surface area contributed by atoms with Crippen molar-refractivity contribution in [3.05, 3.63) is 41.5 Å². The van der Waals surface area contributed by atoms with Crippen LogP contribution in [0, 0.1) is 5.92 Å². The summed E-state index contributed by atoms with van der Waals surface area (Å²) in [6, 6.07) is 8.09. The Bertz CT molecular complexity index is 582. The van der Waals surface area contributed by atoms with Gasteiger partial charge in [0.25, 0.3) is 0 Å². The first-order valence-electron chi connectivity index (χ1n) is 6.95. The third kappa shape index (κ3) is 2.54. The summed E-state index contributed by atoms with van der Waals surface area (Å²) in [6.07, 6.45) is 1.77. The standard InChI is InChI=1S/C15H19N3O2/c1-10-7-8-16-14(10)15-17-13(18-20-15)9-11-5-3-4-6-12(11)19-2/h3-6,10,14,16H,7-9H2,1-2H3. The topological polar surface area (TPSA) is 60.2 Å². The molecule has 0 spiro atoms.